The summed E-state index contributed by atoms with van der Waals surface area (Å²) in [6.07, 6.45) is 2.72. The van der Waals surface area contributed by atoms with Crippen LogP contribution in [-0.2, 0) is 16.0 Å². The first kappa shape index (κ1) is 17.1. The highest BCUT2D eigenvalue weighted by Gasteiger charge is 2.45. The van der Waals surface area contributed by atoms with Gasteiger partial charge in [-0.1, -0.05) is 12.5 Å². The summed E-state index contributed by atoms with van der Waals surface area (Å²) in [5.74, 6) is 0.345. The Bertz CT molecular complexity index is 580. The van der Waals surface area contributed by atoms with E-state index in [1.807, 2.05) is 12.1 Å². The fourth-order valence-corrected chi connectivity index (χ4v) is 2.83. The first-order chi connectivity index (χ1) is 11.0. The van der Waals surface area contributed by atoms with Gasteiger partial charge in [-0.15, -0.1) is 0 Å². The van der Waals surface area contributed by atoms with Crippen molar-refractivity contribution in [3.8, 4) is 11.5 Å². The molecule has 0 atom stereocenters. The molecule has 1 saturated carbocycles. The van der Waals surface area contributed by atoms with E-state index in [0.29, 0.717) is 37.3 Å². The molecule has 6 nitrogen and oxygen atoms in total. The normalized spacial score (nSPS) is 15.4. The fourth-order valence-electron chi connectivity index (χ4n) is 2.83. The molecule has 0 spiro atoms. The van der Waals surface area contributed by atoms with Gasteiger partial charge in [0.25, 0.3) is 0 Å². The van der Waals surface area contributed by atoms with Crippen LogP contribution in [0.15, 0.2) is 18.2 Å². The molecule has 1 aliphatic carbocycles. The molecule has 6 heteroatoms. The van der Waals surface area contributed by atoms with Crippen LogP contribution in [-0.4, -0.2) is 37.7 Å². The van der Waals surface area contributed by atoms with Gasteiger partial charge >= 0.3 is 5.97 Å². The monoisotopic (exact) mass is 321 g/mol. The van der Waals surface area contributed by atoms with Gasteiger partial charge in [-0.05, 0) is 30.9 Å². The van der Waals surface area contributed by atoms with Gasteiger partial charge < -0.3 is 19.9 Å². The standard InChI is InChI=1S/C17H23NO5/c1-22-13-5-4-12(14(10-13)23-2)6-9-18-15(19)11-17(16(20)21)7-3-8-17/h4-5,10H,3,6-9,11H2,1-2H3,(H,18,19)(H,20,21). The van der Waals surface area contributed by atoms with Crippen LogP contribution in [0.2, 0.25) is 0 Å². The van der Waals surface area contributed by atoms with Crippen LogP contribution in [0, 0.1) is 5.41 Å². The molecule has 0 radical (unpaired) electrons. The van der Waals surface area contributed by atoms with Gasteiger partial charge in [0.2, 0.25) is 5.91 Å². The SMILES string of the molecule is COc1ccc(CCNC(=O)CC2(C(=O)O)CCC2)c(OC)c1. The Hall–Kier alpha value is -2.24. The second kappa shape index (κ2) is 7.35. The number of carbonyl (C=O) groups excluding carboxylic acids is 1. The van der Waals surface area contributed by atoms with Crippen molar-refractivity contribution in [3.05, 3.63) is 23.8 Å². The van der Waals surface area contributed by atoms with Crippen molar-refractivity contribution >= 4 is 11.9 Å². The maximum absolute atomic E-state index is 12.0. The number of aliphatic carboxylic acids is 1. The molecular formula is C17H23NO5. The number of nitrogens with one attached hydrogen (secondary N) is 1. The predicted molar refractivity (Wildman–Crippen MR) is 84.8 cm³/mol. The summed E-state index contributed by atoms with van der Waals surface area (Å²) in [5.41, 5.74) is 0.118. The number of carboxylic acids is 1. The molecule has 1 aromatic rings. The molecule has 0 bridgehead atoms. The largest absolute Gasteiger partial charge is 0.497 e. The topological polar surface area (TPSA) is 84.9 Å². The van der Waals surface area contributed by atoms with Gasteiger partial charge in [0, 0.05) is 19.0 Å². The number of amides is 1. The van der Waals surface area contributed by atoms with Gasteiger partial charge in [0.05, 0.1) is 19.6 Å². The van der Waals surface area contributed by atoms with Crippen LogP contribution in [0.1, 0.15) is 31.2 Å². The van der Waals surface area contributed by atoms with E-state index in [9.17, 15) is 14.7 Å². The molecule has 2 rings (SSSR count). The fraction of sp³-hybridized carbons (Fsp3) is 0.529. The van der Waals surface area contributed by atoms with Gasteiger partial charge in [-0.3, -0.25) is 9.59 Å². The van der Waals surface area contributed by atoms with Crippen molar-refractivity contribution in [1.82, 2.24) is 5.32 Å². The summed E-state index contributed by atoms with van der Waals surface area (Å²) >= 11 is 0. The highest BCUT2D eigenvalue weighted by atomic mass is 16.5. The second-order valence-corrected chi connectivity index (χ2v) is 5.89. The van der Waals surface area contributed by atoms with Crippen molar-refractivity contribution in [2.75, 3.05) is 20.8 Å². The van der Waals surface area contributed by atoms with E-state index in [1.165, 1.54) is 0 Å². The lowest BCUT2D eigenvalue weighted by Gasteiger charge is -2.36. The predicted octanol–water partition coefficient (Wildman–Crippen LogP) is 2.01. The van der Waals surface area contributed by atoms with Gasteiger partial charge in [0.1, 0.15) is 11.5 Å². The van der Waals surface area contributed by atoms with E-state index < -0.39 is 11.4 Å². The van der Waals surface area contributed by atoms with Crippen LogP contribution >= 0.6 is 0 Å². The third-order valence-electron chi connectivity index (χ3n) is 4.47. The summed E-state index contributed by atoms with van der Waals surface area (Å²) in [7, 11) is 3.18. The number of rotatable bonds is 8. The lowest BCUT2D eigenvalue weighted by molar-refractivity contribution is -0.157. The molecule has 0 saturated heterocycles. The minimum absolute atomic E-state index is 0.0576. The number of ether oxygens (including phenoxy) is 2. The highest BCUT2D eigenvalue weighted by molar-refractivity contribution is 5.85. The van der Waals surface area contributed by atoms with E-state index in [4.69, 9.17) is 9.47 Å². The lowest BCUT2D eigenvalue weighted by Crippen LogP contribution is -2.42. The third-order valence-corrected chi connectivity index (χ3v) is 4.47. The van der Waals surface area contributed by atoms with Crippen molar-refractivity contribution in [2.45, 2.75) is 32.1 Å². The summed E-state index contributed by atoms with van der Waals surface area (Å²) in [6.45, 7) is 0.442. The van der Waals surface area contributed by atoms with Gasteiger partial charge in [-0.2, -0.15) is 0 Å². The number of hydrogen-bond acceptors (Lipinski definition) is 4. The number of methoxy groups -OCH3 is 2. The Labute approximate surface area is 135 Å². The molecular weight excluding hydrogens is 298 g/mol. The molecule has 0 aliphatic heterocycles. The summed E-state index contributed by atoms with van der Waals surface area (Å²) in [6, 6.07) is 5.53. The molecule has 0 aromatic heterocycles. The van der Waals surface area contributed by atoms with Gasteiger partial charge in [-0.25, -0.2) is 0 Å². The van der Waals surface area contributed by atoms with Crippen molar-refractivity contribution in [2.24, 2.45) is 5.41 Å². The third kappa shape index (κ3) is 3.94. The lowest BCUT2D eigenvalue weighted by atomic mass is 9.66. The van der Waals surface area contributed by atoms with Crippen molar-refractivity contribution in [3.63, 3.8) is 0 Å². The molecule has 0 unspecified atom stereocenters. The zero-order valence-corrected chi connectivity index (χ0v) is 13.6. The first-order valence-corrected chi connectivity index (χ1v) is 7.72. The molecule has 1 aromatic carbocycles. The van der Waals surface area contributed by atoms with Crippen LogP contribution in [0.3, 0.4) is 0 Å². The average molecular weight is 321 g/mol. The van der Waals surface area contributed by atoms with Crippen LogP contribution in [0.4, 0.5) is 0 Å². The molecule has 1 aliphatic rings. The van der Waals surface area contributed by atoms with E-state index in [0.717, 1.165) is 12.0 Å². The summed E-state index contributed by atoms with van der Waals surface area (Å²) in [4.78, 5) is 23.2. The quantitative estimate of drug-likeness (QED) is 0.765. The number of benzene rings is 1. The minimum Gasteiger partial charge on any atom is -0.497 e. The van der Waals surface area contributed by atoms with E-state index in [1.54, 1.807) is 20.3 Å². The van der Waals surface area contributed by atoms with Crippen LogP contribution in [0.25, 0.3) is 0 Å². The molecule has 1 fully saturated rings. The zero-order chi connectivity index (χ0) is 16.9. The van der Waals surface area contributed by atoms with Crippen LogP contribution in [0.5, 0.6) is 11.5 Å². The Kier molecular flexibility index (Phi) is 5.47. The van der Waals surface area contributed by atoms with E-state index >= 15 is 0 Å². The molecule has 1 amide bonds. The number of hydrogen-bond donors (Lipinski definition) is 2. The molecule has 126 valence electrons. The van der Waals surface area contributed by atoms with Crippen molar-refractivity contribution in [1.29, 1.82) is 0 Å². The molecule has 23 heavy (non-hydrogen) atoms. The Morgan fingerprint density at radius 3 is 2.52 bits per heavy atom. The molecule has 2 N–H and O–H groups in total. The van der Waals surface area contributed by atoms with Crippen LogP contribution < -0.4 is 14.8 Å². The smallest absolute Gasteiger partial charge is 0.310 e. The average Bonchev–Trinajstić information content (AvgIpc) is 2.50. The Morgan fingerprint density at radius 1 is 1.26 bits per heavy atom. The maximum Gasteiger partial charge on any atom is 0.310 e. The highest BCUT2D eigenvalue weighted by Crippen LogP contribution is 2.44. The molecule has 0 heterocycles. The van der Waals surface area contributed by atoms with Gasteiger partial charge in [0.15, 0.2) is 0 Å². The van der Waals surface area contributed by atoms with E-state index in [-0.39, 0.29) is 12.3 Å². The minimum atomic E-state index is -0.865. The first-order valence-electron chi connectivity index (χ1n) is 7.72. The number of carbonyl (C=O) groups is 2. The maximum atomic E-state index is 12.0. The summed E-state index contributed by atoms with van der Waals surface area (Å²) < 4.78 is 10.5. The van der Waals surface area contributed by atoms with E-state index in [2.05, 4.69) is 5.32 Å². The summed E-state index contributed by atoms with van der Waals surface area (Å²) in [5, 5.41) is 12.0. The Balaban J connectivity index is 1.85. The second-order valence-electron chi connectivity index (χ2n) is 5.89. The Morgan fingerprint density at radius 2 is 2.00 bits per heavy atom. The van der Waals surface area contributed by atoms with Crippen molar-refractivity contribution < 1.29 is 24.2 Å². The number of carboxylic acid groups (broad SMARTS) is 1. The zero-order valence-electron chi connectivity index (χ0n) is 13.6.